The summed E-state index contributed by atoms with van der Waals surface area (Å²) in [5.41, 5.74) is 1.06. The predicted octanol–water partition coefficient (Wildman–Crippen LogP) is 2.15. The first-order chi connectivity index (χ1) is 3.63. The van der Waals surface area contributed by atoms with Crippen molar-refractivity contribution in [2.45, 2.75) is 20.8 Å². The van der Waals surface area contributed by atoms with E-state index in [9.17, 15) is 0 Å². The zero-order valence-electron chi connectivity index (χ0n) is 5.82. The summed E-state index contributed by atoms with van der Waals surface area (Å²) in [5.74, 6) is 0. The summed E-state index contributed by atoms with van der Waals surface area (Å²) in [6.07, 6.45) is 0.994. The monoisotopic (exact) mass is 113 g/mol. The van der Waals surface area contributed by atoms with Gasteiger partial charge in [0.2, 0.25) is 0 Å². The first kappa shape index (κ1) is 7.70. The van der Waals surface area contributed by atoms with Crippen molar-refractivity contribution in [1.29, 1.82) is 0 Å². The Morgan fingerprint density at radius 2 is 1.88 bits per heavy atom. The van der Waals surface area contributed by atoms with Crippen molar-refractivity contribution in [1.82, 2.24) is 0 Å². The van der Waals surface area contributed by atoms with Gasteiger partial charge >= 0.3 is 0 Å². The fourth-order valence-corrected chi connectivity index (χ4v) is 0.268. The molecule has 0 saturated heterocycles. The molecule has 0 heterocycles. The summed E-state index contributed by atoms with van der Waals surface area (Å²) >= 11 is 0. The Bertz CT molecular complexity index is 74.5. The summed E-state index contributed by atoms with van der Waals surface area (Å²) in [6, 6.07) is 0. The molecule has 0 aliphatic heterocycles. The van der Waals surface area contributed by atoms with E-state index in [1.54, 1.807) is 0 Å². The second kappa shape index (κ2) is 3.67. The van der Waals surface area contributed by atoms with Crippen molar-refractivity contribution < 1.29 is 4.74 Å². The molecule has 1 radical (unpaired) electrons. The van der Waals surface area contributed by atoms with Crippen LogP contribution in [-0.2, 0) is 4.74 Å². The van der Waals surface area contributed by atoms with Crippen LogP contribution in [0.4, 0.5) is 0 Å². The molecule has 0 aliphatic rings. The van der Waals surface area contributed by atoms with E-state index in [0.29, 0.717) is 6.61 Å². The van der Waals surface area contributed by atoms with Crippen molar-refractivity contribution in [3.05, 3.63) is 18.3 Å². The molecule has 0 fully saturated rings. The Labute approximate surface area is 51.4 Å². The predicted molar refractivity (Wildman–Crippen MR) is 35.4 cm³/mol. The maximum absolute atomic E-state index is 5.12. The number of ether oxygens (including phenoxy) is 1. The average molecular weight is 113 g/mol. The van der Waals surface area contributed by atoms with Gasteiger partial charge in [0, 0.05) is 0 Å². The molecule has 0 unspecified atom stereocenters. The zero-order valence-corrected chi connectivity index (χ0v) is 5.82. The van der Waals surface area contributed by atoms with Gasteiger partial charge in [0.05, 0.1) is 12.7 Å². The minimum atomic E-state index is 0.655. The van der Waals surface area contributed by atoms with Gasteiger partial charge in [-0.1, -0.05) is 12.2 Å². The van der Waals surface area contributed by atoms with Crippen LogP contribution in [0.3, 0.4) is 0 Å². The molecule has 0 saturated carbocycles. The van der Waals surface area contributed by atoms with E-state index >= 15 is 0 Å². The normalized spacial score (nSPS) is 10.0. The van der Waals surface area contributed by atoms with E-state index in [2.05, 4.69) is 6.58 Å². The average Bonchev–Trinajstić information content (AvgIpc) is 1.61. The minimum absolute atomic E-state index is 0.655. The van der Waals surface area contributed by atoms with E-state index in [1.165, 1.54) is 0 Å². The van der Waals surface area contributed by atoms with Crippen molar-refractivity contribution in [2.24, 2.45) is 0 Å². The van der Waals surface area contributed by atoms with Gasteiger partial charge in [-0.15, -0.1) is 0 Å². The van der Waals surface area contributed by atoms with E-state index in [0.717, 1.165) is 11.7 Å². The van der Waals surface area contributed by atoms with E-state index in [1.807, 2.05) is 20.8 Å². The molecule has 1 nitrogen and oxygen atoms in total. The van der Waals surface area contributed by atoms with Gasteiger partial charge in [-0.05, 0) is 20.8 Å². The Balaban J connectivity index is 3.05. The first-order valence-electron chi connectivity index (χ1n) is 2.70. The largest absolute Gasteiger partial charge is 0.368 e. The van der Waals surface area contributed by atoms with Crippen molar-refractivity contribution in [3.63, 3.8) is 0 Å². The second-order valence-electron chi connectivity index (χ2n) is 2.15. The van der Waals surface area contributed by atoms with Crippen LogP contribution in [-0.4, -0.2) is 6.61 Å². The molecule has 0 spiro atoms. The SMILES string of the molecule is C=C(C)CO[C](C)C. The lowest BCUT2D eigenvalue weighted by Crippen LogP contribution is -1.95. The third kappa shape index (κ3) is 5.70. The Hall–Kier alpha value is -0.300. The molecule has 0 aliphatic carbocycles. The molecular formula is C7H13O. The summed E-state index contributed by atoms with van der Waals surface area (Å²) in [7, 11) is 0. The maximum Gasteiger partial charge on any atom is 0.0914 e. The Morgan fingerprint density at radius 3 is 2.00 bits per heavy atom. The quantitative estimate of drug-likeness (QED) is 0.509. The van der Waals surface area contributed by atoms with Gasteiger partial charge < -0.3 is 4.74 Å². The molecule has 0 aromatic carbocycles. The third-order valence-corrected chi connectivity index (χ3v) is 0.607. The fourth-order valence-electron chi connectivity index (χ4n) is 0.268. The molecule has 0 aromatic rings. The van der Waals surface area contributed by atoms with Gasteiger partial charge in [-0.25, -0.2) is 0 Å². The first-order valence-corrected chi connectivity index (χ1v) is 2.70. The van der Waals surface area contributed by atoms with Gasteiger partial charge in [0.1, 0.15) is 0 Å². The molecule has 8 heavy (non-hydrogen) atoms. The fraction of sp³-hybridized carbons (Fsp3) is 0.571. The minimum Gasteiger partial charge on any atom is -0.368 e. The van der Waals surface area contributed by atoms with Crippen LogP contribution in [0.25, 0.3) is 0 Å². The summed E-state index contributed by atoms with van der Waals surface area (Å²) in [4.78, 5) is 0. The van der Waals surface area contributed by atoms with Crippen molar-refractivity contribution >= 4 is 0 Å². The van der Waals surface area contributed by atoms with Crippen LogP contribution in [0.15, 0.2) is 12.2 Å². The smallest absolute Gasteiger partial charge is 0.0914 e. The van der Waals surface area contributed by atoms with Crippen LogP contribution in [0.5, 0.6) is 0 Å². The summed E-state index contributed by atoms with van der Waals surface area (Å²) in [6.45, 7) is 10.2. The van der Waals surface area contributed by atoms with Crippen molar-refractivity contribution in [2.75, 3.05) is 6.61 Å². The van der Waals surface area contributed by atoms with E-state index in [-0.39, 0.29) is 0 Å². The molecule has 0 N–H and O–H groups in total. The third-order valence-electron chi connectivity index (χ3n) is 0.607. The van der Waals surface area contributed by atoms with Crippen LogP contribution < -0.4 is 0 Å². The van der Waals surface area contributed by atoms with Crippen LogP contribution >= 0.6 is 0 Å². The van der Waals surface area contributed by atoms with Gasteiger partial charge in [0.15, 0.2) is 0 Å². The molecule has 47 valence electrons. The molecule has 0 amide bonds. The maximum atomic E-state index is 5.12. The highest BCUT2D eigenvalue weighted by atomic mass is 16.5. The zero-order chi connectivity index (χ0) is 6.57. The lowest BCUT2D eigenvalue weighted by Gasteiger charge is -2.03. The number of hydrogen-bond donors (Lipinski definition) is 0. The van der Waals surface area contributed by atoms with E-state index < -0.39 is 0 Å². The molecule has 0 aromatic heterocycles. The van der Waals surface area contributed by atoms with Gasteiger partial charge in [-0.2, -0.15) is 0 Å². The summed E-state index contributed by atoms with van der Waals surface area (Å²) in [5, 5.41) is 0. The van der Waals surface area contributed by atoms with Crippen molar-refractivity contribution in [3.8, 4) is 0 Å². The molecule has 0 atom stereocenters. The molecule has 0 bridgehead atoms. The standard InChI is InChI=1S/C7H13O/c1-6(2)5-8-7(3)4/h1,5H2,2-4H3. The lowest BCUT2D eigenvalue weighted by atomic mass is 10.4. The molecular weight excluding hydrogens is 100 g/mol. The Morgan fingerprint density at radius 1 is 1.38 bits per heavy atom. The van der Waals surface area contributed by atoms with E-state index in [4.69, 9.17) is 4.74 Å². The summed E-state index contributed by atoms with van der Waals surface area (Å²) < 4.78 is 5.12. The van der Waals surface area contributed by atoms with Crippen LogP contribution in [0.2, 0.25) is 0 Å². The number of rotatable bonds is 3. The van der Waals surface area contributed by atoms with Crippen LogP contribution in [0.1, 0.15) is 20.8 Å². The van der Waals surface area contributed by atoms with Crippen LogP contribution in [0, 0.1) is 6.10 Å². The lowest BCUT2D eigenvalue weighted by molar-refractivity contribution is 0.180. The van der Waals surface area contributed by atoms with Gasteiger partial charge in [-0.3, -0.25) is 0 Å². The number of hydrogen-bond acceptors (Lipinski definition) is 1. The Kier molecular flexibility index (Phi) is 3.53. The van der Waals surface area contributed by atoms with Gasteiger partial charge in [0.25, 0.3) is 0 Å². The highest BCUT2D eigenvalue weighted by molar-refractivity contribution is 4.88. The topological polar surface area (TPSA) is 9.23 Å². The molecule has 1 heteroatoms. The highest BCUT2D eigenvalue weighted by Gasteiger charge is 1.91. The second-order valence-corrected chi connectivity index (χ2v) is 2.15. The highest BCUT2D eigenvalue weighted by Crippen LogP contribution is 1.99. The molecule has 0 rings (SSSR count).